The van der Waals surface area contributed by atoms with Crippen LogP contribution in [0.4, 0.5) is 9.18 Å². The fourth-order valence-corrected chi connectivity index (χ4v) is 3.83. The highest BCUT2D eigenvalue weighted by molar-refractivity contribution is 8.18. The predicted octanol–water partition coefficient (Wildman–Crippen LogP) is 5.05. The smallest absolute Gasteiger partial charge is 0.290 e. The van der Waals surface area contributed by atoms with Crippen molar-refractivity contribution in [1.82, 2.24) is 5.32 Å². The Balaban J connectivity index is 1.42. The van der Waals surface area contributed by atoms with Gasteiger partial charge in [0.15, 0.2) is 0 Å². The van der Waals surface area contributed by atoms with Crippen molar-refractivity contribution < 1.29 is 18.7 Å². The number of carbonyl (C=O) groups is 2. The Kier molecular flexibility index (Phi) is 6.46. The number of allylic oxidation sites excluding steroid dienone is 1. The zero-order valence-electron chi connectivity index (χ0n) is 14.0. The number of halogens is 1. The van der Waals surface area contributed by atoms with E-state index in [1.165, 1.54) is 6.07 Å². The molecule has 2 heterocycles. The van der Waals surface area contributed by atoms with Crippen LogP contribution in [0.3, 0.4) is 0 Å². The number of imide groups is 1. The summed E-state index contributed by atoms with van der Waals surface area (Å²) in [6.07, 6.45) is 4.70. The summed E-state index contributed by atoms with van der Waals surface area (Å²) in [6, 6.07) is 8.92. The molecule has 3 rings (SSSR count). The number of nitrogens with one attached hydrogen (secondary N) is 1. The van der Waals surface area contributed by atoms with Crippen LogP contribution < -0.4 is 10.1 Å². The zero-order chi connectivity index (χ0) is 18.4. The molecule has 4 nitrogen and oxygen atoms in total. The third-order valence-corrected chi connectivity index (χ3v) is 5.57. The molecule has 0 spiro atoms. The number of thioether (sulfide) groups is 1. The van der Waals surface area contributed by atoms with Crippen LogP contribution in [0.5, 0.6) is 5.75 Å². The lowest BCUT2D eigenvalue weighted by Gasteiger charge is -2.08. The first-order chi connectivity index (χ1) is 12.6. The third kappa shape index (κ3) is 5.19. The molecule has 0 unspecified atom stereocenters. The molecule has 0 bridgehead atoms. The molecule has 136 valence electrons. The van der Waals surface area contributed by atoms with E-state index < -0.39 is 0 Å². The summed E-state index contributed by atoms with van der Waals surface area (Å²) in [4.78, 5) is 24.0. The summed E-state index contributed by atoms with van der Waals surface area (Å²) >= 11 is 2.53. The van der Waals surface area contributed by atoms with Gasteiger partial charge in [0.05, 0.1) is 4.91 Å². The van der Waals surface area contributed by atoms with Gasteiger partial charge in [-0.15, -0.1) is 11.3 Å². The summed E-state index contributed by atoms with van der Waals surface area (Å²) in [5.41, 5.74) is 0.657. The molecule has 7 heteroatoms. The fourth-order valence-electron chi connectivity index (χ4n) is 2.52. The Morgan fingerprint density at radius 1 is 1.19 bits per heavy atom. The van der Waals surface area contributed by atoms with Crippen molar-refractivity contribution in [2.45, 2.75) is 32.3 Å². The molecule has 0 aliphatic carbocycles. The molecular formula is C19H18FNO3S2. The standard InChI is InChI=1S/C19H18FNO3S2/c20-16-11-14(24-12-15-6-4-10-25-15)9-8-13(16)5-2-1-3-7-17-18(22)21-19(23)26-17/h4,6-11H,1-3,5,12H2,(H,21,22,23). The first kappa shape index (κ1) is 18.7. The molecule has 1 aromatic carbocycles. The van der Waals surface area contributed by atoms with Gasteiger partial charge >= 0.3 is 0 Å². The van der Waals surface area contributed by atoms with Gasteiger partial charge in [-0.2, -0.15) is 0 Å². The predicted molar refractivity (Wildman–Crippen MR) is 102 cm³/mol. The number of aryl methyl sites for hydroxylation is 1. The fraction of sp³-hybridized carbons (Fsp3) is 0.263. The minimum Gasteiger partial charge on any atom is -0.488 e. The maximum Gasteiger partial charge on any atom is 0.290 e. The zero-order valence-corrected chi connectivity index (χ0v) is 15.6. The maximum absolute atomic E-state index is 14.2. The third-order valence-electron chi connectivity index (χ3n) is 3.86. The van der Waals surface area contributed by atoms with Gasteiger partial charge in [-0.05, 0) is 60.5 Å². The first-order valence-corrected chi connectivity index (χ1v) is 9.98. The number of carbonyl (C=O) groups excluding carboxylic acids is 2. The highest BCUT2D eigenvalue weighted by Gasteiger charge is 2.24. The molecule has 1 aromatic heterocycles. The van der Waals surface area contributed by atoms with E-state index in [1.54, 1.807) is 29.5 Å². The average molecular weight is 391 g/mol. The lowest BCUT2D eigenvalue weighted by atomic mass is 10.1. The van der Waals surface area contributed by atoms with E-state index in [-0.39, 0.29) is 17.0 Å². The van der Waals surface area contributed by atoms with Gasteiger partial charge in [0.2, 0.25) is 0 Å². The van der Waals surface area contributed by atoms with Crippen molar-refractivity contribution >= 4 is 34.2 Å². The summed E-state index contributed by atoms with van der Waals surface area (Å²) in [5, 5.41) is 3.87. The Morgan fingerprint density at radius 2 is 2.08 bits per heavy atom. The quantitative estimate of drug-likeness (QED) is 0.506. The van der Waals surface area contributed by atoms with Gasteiger partial charge in [-0.25, -0.2) is 4.39 Å². The topological polar surface area (TPSA) is 55.4 Å². The Labute approximate surface area is 159 Å². The van der Waals surface area contributed by atoms with E-state index in [2.05, 4.69) is 5.32 Å². The SMILES string of the molecule is O=C1NC(=O)C(=CCCCCc2ccc(OCc3cccs3)cc2F)S1. The maximum atomic E-state index is 14.2. The van der Waals surface area contributed by atoms with Crippen molar-refractivity contribution in [3.63, 3.8) is 0 Å². The normalized spacial score (nSPS) is 15.5. The van der Waals surface area contributed by atoms with E-state index in [0.29, 0.717) is 35.7 Å². The summed E-state index contributed by atoms with van der Waals surface area (Å²) in [7, 11) is 0. The summed E-state index contributed by atoms with van der Waals surface area (Å²) < 4.78 is 19.8. The molecule has 26 heavy (non-hydrogen) atoms. The van der Waals surface area contributed by atoms with Crippen molar-refractivity contribution in [3.8, 4) is 5.75 Å². The number of unbranched alkanes of at least 4 members (excludes halogenated alkanes) is 2. The van der Waals surface area contributed by atoms with Gasteiger partial charge < -0.3 is 4.74 Å². The molecule has 1 saturated heterocycles. The van der Waals surface area contributed by atoms with Crippen LogP contribution in [0.1, 0.15) is 29.7 Å². The highest BCUT2D eigenvalue weighted by atomic mass is 32.2. The Morgan fingerprint density at radius 3 is 2.77 bits per heavy atom. The van der Waals surface area contributed by atoms with E-state index in [1.807, 2.05) is 17.5 Å². The lowest BCUT2D eigenvalue weighted by molar-refractivity contribution is -0.115. The second-order valence-electron chi connectivity index (χ2n) is 5.78. The van der Waals surface area contributed by atoms with Crippen LogP contribution in [0.25, 0.3) is 0 Å². The number of ether oxygens (including phenoxy) is 1. The molecular weight excluding hydrogens is 373 g/mol. The first-order valence-electron chi connectivity index (χ1n) is 8.29. The van der Waals surface area contributed by atoms with Crippen LogP contribution in [-0.2, 0) is 17.8 Å². The number of hydrogen-bond acceptors (Lipinski definition) is 5. The minimum absolute atomic E-state index is 0.261. The van der Waals surface area contributed by atoms with Gasteiger partial charge in [0.1, 0.15) is 18.2 Å². The second-order valence-corrected chi connectivity index (χ2v) is 7.83. The van der Waals surface area contributed by atoms with E-state index in [4.69, 9.17) is 4.74 Å². The number of amides is 2. The van der Waals surface area contributed by atoms with Crippen LogP contribution in [0.15, 0.2) is 46.7 Å². The minimum atomic E-state index is -0.329. The van der Waals surface area contributed by atoms with Crippen LogP contribution in [0.2, 0.25) is 0 Å². The number of rotatable bonds is 8. The number of thiophene rings is 1. The van der Waals surface area contributed by atoms with E-state index in [0.717, 1.165) is 29.5 Å². The molecule has 0 saturated carbocycles. The summed E-state index contributed by atoms with van der Waals surface area (Å²) in [5.74, 6) is -0.0640. The number of hydrogen-bond donors (Lipinski definition) is 1. The van der Waals surface area contributed by atoms with Crippen molar-refractivity contribution in [1.29, 1.82) is 0 Å². The van der Waals surface area contributed by atoms with Crippen LogP contribution in [0, 0.1) is 5.82 Å². The molecule has 2 aromatic rings. The van der Waals surface area contributed by atoms with Gasteiger partial charge in [-0.3, -0.25) is 14.9 Å². The van der Waals surface area contributed by atoms with E-state index >= 15 is 0 Å². The van der Waals surface area contributed by atoms with Gasteiger partial charge in [0.25, 0.3) is 11.1 Å². The van der Waals surface area contributed by atoms with Crippen LogP contribution in [-0.4, -0.2) is 11.1 Å². The molecule has 1 aliphatic rings. The molecule has 1 N–H and O–H groups in total. The molecule has 0 radical (unpaired) electrons. The Bertz CT molecular complexity index is 818. The number of benzene rings is 1. The highest BCUT2D eigenvalue weighted by Crippen LogP contribution is 2.24. The van der Waals surface area contributed by atoms with Crippen molar-refractivity contribution in [2.75, 3.05) is 0 Å². The molecule has 2 amide bonds. The monoisotopic (exact) mass is 391 g/mol. The summed E-state index contributed by atoms with van der Waals surface area (Å²) in [6.45, 7) is 0.444. The van der Waals surface area contributed by atoms with Crippen LogP contribution >= 0.6 is 23.1 Å². The Hall–Kier alpha value is -2.12. The lowest BCUT2D eigenvalue weighted by Crippen LogP contribution is -2.17. The van der Waals surface area contributed by atoms with Gasteiger partial charge in [0, 0.05) is 10.9 Å². The largest absolute Gasteiger partial charge is 0.488 e. The van der Waals surface area contributed by atoms with Gasteiger partial charge in [-0.1, -0.05) is 18.2 Å². The second kappa shape index (κ2) is 9.00. The molecule has 0 atom stereocenters. The molecule has 1 aliphatic heterocycles. The van der Waals surface area contributed by atoms with E-state index in [9.17, 15) is 14.0 Å². The molecule has 1 fully saturated rings. The van der Waals surface area contributed by atoms with Crippen molar-refractivity contribution in [2.24, 2.45) is 0 Å². The van der Waals surface area contributed by atoms with Crippen molar-refractivity contribution in [3.05, 3.63) is 63.0 Å². The average Bonchev–Trinajstić information content (AvgIpc) is 3.24.